The quantitative estimate of drug-likeness (QED) is 0.445. The highest BCUT2D eigenvalue weighted by molar-refractivity contribution is 6.00. The van der Waals surface area contributed by atoms with Crippen LogP contribution in [0, 0.1) is 5.82 Å². The van der Waals surface area contributed by atoms with E-state index in [9.17, 15) is 23.6 Å². The number of hydrogen-bond donors (Lipinski definition) is 1. The molecule has 0 bridgehead atoms. The van der Waals surface area contributed by atoms with Crippen molar-refractivity contribution < 1.29 is 28.3 Å². The van der Waals surface area contributed by atoms with Gasteiger partial charge in [-0.15, -0.1) is 0 Å². The topological polar surface area (TPSA) is 99.3 Å². The van der Waals surface area contributed by atoms with Crippen LogP contribution in [0.1, 0.15) is 15.9 Å². The number of likely N-dealkylation sites (N-methyl/N-ethyl adjacent to an activating group) is 1. The summed E-state index contributed by atoms with van der Waals surface area (Å²) in [6, 6.07) is 20.7. The van der Waals surface area contributed by atoms with Gasteiger partial charge in [0, 0.05) is 37.8 Å². The number of methoxy groups -OCH3 is 1. The van der Waals surface area contributed by atoms with E-state index in [2.05, 4.69) is 5.32 Å². The molecule has 4 amide bonds. The third-order valence-electron chi connectivity index (χ3n) is 6.72. The number of anilines is 1. The van der Waals surface area contributed by atoms with Crippen LogP contribution in [0.2, 0.25) is 0 Å². The molecule has 1 saturated heterocycles. The molecule has 9 nitrogen and oxygen atoms in total. The molecule has 10 heteroatoms. The van der Waals surface area contributed by atoms with Crippen LogP contribution < -0.4 is 15.0 Å². The number of halogens is 1. The number of nitrogens with zero attached hydrogens (tertiary/aromatic N) is 3. The normalized spacial score (nSPS) is 13.9. The second-order valence-electron chi connectivity index (χ2n) is 9.46. The van der Waals surface area contributed by atoms with Gasteiger partial charge < -0.3 is 24.8 Å². The molecule has 1 atom stereocenters. The molecule has 0 aliphatic carbocycles. The Kier molecular flexibility index (Phi) is 9.11. The molecule has 0 unspecified atom stereocenters. The summed E-state index contributed by atoms with van der Waals surface area (Å²) < 4.78 is 18.7. The van der Waals surface area contributed by atoms with Crippen LogP contribution in [0.25, 0.3) is 0 Å². The van der Waals surface area contributed by atoms with Gasteiger partial charge in [0.05, 0.1) is 13.7 Å². The number of nitrogens with one attached hydrogen (secondary N) is 1. The van der Waals surface area contributed by atoms with Crippen LogP contribution in [-0.2, 0) is 20.8 Å². The summed E-state index contributed by atoms with van der Waals surface area (Å²) in [5.41, 5.74) is 1.65. The van der Waals surface area contributed by atoms with E-state index >= 15 is 0 Å². The molecular weight excluding hydrogens is 515 g/mol. The first-order valence-electron chi connectivity index (χ1n) is 12.8. The molecule has 0 radical (unpaired) electrons. The van der Waals surface area contributed by atoms with E-state index in [0.29, 0.717) is 11.4 Å². The Balaban J connectivity index is 1.40. The Morgan fingerprint density at radius 3 is 2.38 bits per heavy atom. The van der Waals surface area contributed by atoms with Gasteiger partial charge in [-0.2, -0.15) is 0 Å². The lowest BCUT2D eigenvalue weighted by Gasteiger charge is -2.34. The van der Waals surface area contributed by atoms with Crippen molar-refractivity contribution in [3.63, 3.8) is 0 Å². The van der Waals surface area contributed by atoms with Gasteiger partial charge in [0.1, 0.15) is 24.2 Å². The highest BCUT2D eigenvalue weighted by Crippen LogP contribution is 2.19. The third kappa shape index (κ3) is 7.02. The summed E-state index contributed by atoms with van der Waals surface area (Å²) in [6.07, 6.45) is 0.260. The van der Waals surface area contributed by atoms with Gasteiger partial charge in [0.2, 0.25) is 17.7 Å². The summed E-state index contributed by atoms with van der Waals surface area (Å²) in [6.45, 7) is -0.155. The average Bonchev–Trinajstić information content (AvgIpc) is 2.97. The number of amides is 4. The lowest BCUT2D eigenvalue weighted by Crippen LogP contribution is -2.56. The molecule has 3 aromatic rings. The molecule has 0 spiro atoms. The molecule has 40 heavy (non-hydrogen) atoms. The molecule has 0 saturated carbocycles. The molecule has 4 rings (SSSR count). The highest BCUT2D eigenvalue weighted by Gasteiger charge is 2.31. The first kappa shape index (κ1) is 28.3. The largest absolute Gasteiger partial charge is 0.497 e. The number of piperazine rings is 1. The maximum atomic E-state index is 13.5. The number of carbonyl (C=O) groups is 4. The predicted molar refractivity (Wildman–Crippen MR) is 147 cm³/mol. The Labute approximate surface area is 232 Å². The maximum absolute atomic E-state index is 13.5. The second kappa shape index (κ2) is 12.9. The van der Waals surface area contributed by atoms with Crippen molar-refractivity contribution in [3.05, 3.63) is 95.8 Å². The Morgan fingerprint density at radius 1 is 1.00 bits per heavy atom. The van der Waals surface area contributed by atoms with E-state index in [1.54, 1.807) is 38.4 Å². The maximum Gasteiger partial charge on any atom is 0.254 e. The number of carbonyl (C=O) groups excluding carboxylic acids is 4. The third-order valence-corrected chi connectivity index (χ3v) is 6.72. The zero-order valence-corrected chi connectivity index (χ0v) is 22.4. The summed E-state index contributed by atoms with van der Waals surface area (Å²) in [5, 5.41) is 2.80. The van der Waals surface area contributed by atoms with Gasteiger partial charge in [0.15, 0.2) is 0 Å². The molecule has 1 fully saturated rings. The molecule has 1 heterocycles. The zero-order valence-electron chi connectivity index (χ0n) is 22.4. The molecule has 1 aliphatic rings. The van der Waals surface area contributed by atoms with Crippen LogP contribution >= 0.6 is 0 Å². The minimum atomic E-state index is -0.882. The van der Waals surface area contributed by atoms with Crippen molar-refractivity contribution in [1.82, 2.24) is 15.1 Å². The van der Waals surface area contributed by atoms with Gasteiger partial charge in [-0.3, -0.25) is 19.2 Å². The van der Waals surface area contributed by atoms with E-state index in [1.807, 2.05) is 30.3 Å². The van der Waals surface area contributed by atoms with E-state index in [1.165, 1.54) is 32.9 Å². The van der Waals surface area contributed by atoms with E-state index in [-0.39, 0.29) is 44.1 Å². The van der Waals surface area contributed by atoms with E-state index < -0.39 is 29.6 Å². The lowest BCUT2D eigenvalue weighted by atomic mass is 10.0. The number of rotatable bonds is 9. The minimum Gasteiger partial charge on any atom is -0.497 e. The fourth-order valence-electron chi connectivity index (χ4n) is 4.48. The van der Waals surface area contributed by atoms with Crippen LogP contribution in [-0.4, -0.2) is 79.8 Å². The second-order valence-corrected chi connectivity index (χ2v) is 9.46. The number of hydrogen-bond acceptors (Lipinski definition) is 5. The summed E-state index contributed by atoms with van der Waals surface area (Å²) in [5.74, 6) is -1.56. The molecule has 1 N–H and O–H groups in total. The highest BCUT2D eigenvalue weighted by atomic mass is 19.1. The first-order valence-corrected chi connectivity index (χ1v) is 12.8. The molecule has 1 aliphatic heterocycles. The van der Waals surface area contributed by atoms with Crippen molar-refractivity contribution in [2.24, 2.45) is 0 Å². The fourth-order valence-corrected chi connectivity index (χ4v) is 4.48. The Hall–Kier alpha value is -4.73. The Bertz CT molecular complexity index is 1370. The lowest BCUT2D eigenvalue weighted by molar-refractivity contribution is -0.139. The first-order chi connectivity index (χ1) is 19.2. The minimum absolute atomic E-state index is 0.135. The van der Waals surface area contributed by atoms with Gasteiger partial charge in [-0.05, 0) is 48.0 Å². The smallest absolute Gasteiger partial charge is 0.254 e. The van der Waals surface area contributed by atoms with Crippen LogP contribution in [0.4, 0.5) is 10.1 Å². The van der Waals surface area contributed by atoms with Crippen molar-refractivity contribution in [3.8, 4) is 5.75 Å². The van der Waals surface area contributed by atoms with Crippen LogP contribution in [0.15, 0.2) is 78.9 Å². The predicted octanol–water partition coefficient (Wildman–Crippen LogP) is 2.51. The summed E-state index contributed by atoms with van der Waals surface area (Å²) in [4.78, 5) is 56.2. The molecule has 0 aromatic heterocycles. The number of ether oxygens (including phenoxy) is 1. The fraction of sp³-hybridized carbons (Fsp3) is 0.267. The van der Waals surface area contributed by atoms with E-state index in [4.69, 9.17) is 4.74 Å². The van der Waals surface area contributed by atoms with Crippen LogP contribution in [0.3, 0.4) is 0 Å². The molecular formula is C30H31FN4O5. The van der Waals surface area contributed by atoms with Gasteiger partial charge >= 0.3 is 0 Å². The summed E-state index contributed by atoms with van der Waals surface area (Å²) in [7, 11) is 3.19. The van der Waals surface area contributed by atoms with Crippen molar-refractivity contribution in [1.29, 1.82) is 0 Å². The van der Waals surface area contributed by atoms with Crippen molar-refractivity contribution in [2.45, 2.75) is 12.5 Å². The van der Waals surface area contributed by atoms with Crippen LogP contribution in [0.5, 0.6) is 5.75 Å². The van der Waals surface area contributed by atoms with E-state index in [0.717, 1.165) is 11.6 Å². The van der Waals surface area contributed by atoms with Gasteiger partial charge in [0.25, 0.3) is 5.91 Å². The van der Waals surface area contributed by atoms with Crippen molar-refractivity contribution in [2.75, 3.05) is 45.2 Å². The average molecular weight is 547 g/mol. The van der Waals surface area contributed by atoms with Gasteiger partial charge in [-0.25, -0.2) is 4.39 Å². The standard InChI is InChI=1S/C30H31FN4O5/c1-33(24-11-13-25(40-2)14-12-24)30(39)26(17-21-7-4-3-5-8-21)32-27(36)19-34-15-16-35(20-28(34)37)29(38)22-9-6-10-23(31)18-22/h3-14,18,26H,15-17,19-20H2,1-2H3,(H,32,36)/t26-/m0/s1. The SMILES string of the molecule is COc1ccc(N(C)C(=O)[C@H](Cc2ccccc2)NC(=O)CN2CCN(C(=O)c3cccc(F)c3)CC2=O)cc1. The monoisotopic (exact) mass is 546 g/mol. The zero-order chi connectivity index (χ0) is 28.6. The molecule has 208 valence electrons. The number of benzene rings is 3. The molecule has 3 aromatic carbocycles. The van der Waals surface area contributed by atoms with Gasteiger partial charge in [-0.1, -0.05) is 36.4 Å². The van der Waals surface area contributed by atoms with Crippen molar-refractivity contribution >= 4 is 29.3 Å². The Morgan fingerprint density at radius 2 is 1.73 bits per heavy atom. The summed E-state index contributed by atoms with van der Waals surface area (Å²) >= 11 is 0.